The summed E-state index contributed by atoms with van der Waals surface area (Å²) in [6.45, 7) is 2.29. The molecule has 0 spiro atoms. The van der Waals surface area contributed by atoms with Gasteiger partial charge in [-0.3, -0.25) is 9.59 Å². The SMILES string of the molecule is Cc1ncc(CC(=O)NCCC2=CCCC=C2)c(=O)[nH]1. The van der Waals surface area contributed by atoms with Crippen molar-refractivity contribution in [1.82, 2.24) is 15.3 Å². The van der Waals surface area contributed by atoms with E-state index in [1.165, 1.54) is 11.8 Å². The van der Waals surface area contributed by atoms with Crippen molar-refractivity contribution in [2.45, 2.75) is 32.6 Å². The minimum absolute atomic E-state index is 0.0670. The zero-order valence-corrected chi connectivity index (χ0v) is 11.6. The monoisotopic (exact) mass is 273 g/mol. The van der Waals surface area contributed by atoms with Crippen molar-refractivity contribution in [1.29, 1.82) is 0 Å². The van der Waals surface area contributed by atoms with Gasteiger partial charge in [0, 0.05) is 18.3 Å². The van der Waals surface area contributed by atoms with Gasteiger partial charge in [0.05, 0.1) is 6.42 Å². The van der Waals surface area contributed by atoms with E-state index in [4.69, 9.17) is 0 Å². The normalized spacial score (nSPS) is 13.9. The molecule has 0 radical (unpaired) electrons. The van der Waals surface area contributed by atoms with Crippen LogP contribution in [0.5, 0.6) is 0 Å². The van der Waals surface area contributed by atoms with Crippen LogP contribution in [0.25, 0.3) is 0 Å². The molecule has 5 nitrogen and oxygen atoms in total. The third-order valence-electron chi connectivity index (χ3n) is 3.16. The molecule has 0 unspecified atom stereocenters. The second-order valence-electron chi connectivity index (χ2n) is 4.86. The van der Waals surface area contributed by atoms with Crippen molar-refractivity contribution in [3.8, 4) is 0 Å². The maximum absolute atomic E-state index is 11.8. The maximum atomic E-state index is 11.8. The summed E-state index contributed by atoms with van der Waals surface area (Å²) in [4.78, 5) is 29.9. The Labute approximate surface area is 117 Å². The third-order valence-corrected chi connectivity index (χ3v) is 3.16. The Morgan fingerprint density at radius 3 is 3.00 bits per heavy atom. The number of aromatic nitrogens is 2. The highest BCUT2D eigenvalue weighted by molar-refractivity contribution is 5.78. The molecule has 0 aliphatic heterocycles. The molecule has 106 valence electrons. The van der Waals surface area contributed by atoms with E-state index in [0.717, 1.165) is 19.3 Å². The van der Waals surface area contributed by atoms with Crippen molar-refractivity contribution in [2.24, 2.45) is 0 Å². The molecule has 1 aliphatic carbocycles. The first-order valence-corrected chi connectivity index (χ1v) is 6.82. The fourth-order valence-electron chi connectivity index (χ4n) is 2.07. The number of carbonyl (C=O) groups excluding carboxylic acids is 1. The van der Waals surface area contributed by atoms with Gasteiger partial charge in [0.25, 0.3) is 5.56 Å². The van der Waals surface area contributed by atoms with E-state index in [1.54, 1.807) is 6.92 Å². The van der Waals surface area contributed by atoms with Crippen LogP contribution < -0.4 is 10.9 Å². The zero-order chi connectivity index (χ0) is 14.4. The van der Waals surface area contributed by atoms with Crippen LogP contribution in [0.2, 0.25) is 0 Å². The van der Waals surface area contributed by atoms with Gasteiger partial charge in [-0.1, -0.05) is 23.8 Å². The van der Waals surface area contributed by atoms with Crippen molar-refractivity contribution in [2.75, 3.05) is 6.54 Å². The molecule has 1 amide bonds. The summed E-state index contributed by atoms with van der Waals surface area (Å²) >= 11 is 0. The van der Waals surface area contributed by atoms with E-state index in [9.17, 15) is 9.59 Å². The number of H-pyrrole nitrogens is 1. The Hall–Kier alpha value is -2.17. The first kappa shape index (κ1) is 14.2. The van der Waals surface area contributed by atoms with Crippen LogP contribution in [-0.2, 0) is 11.2 Å². The average molecular weight is 273 g/mol. The van der Waals surface area contributed by atoms with Crippen molar-refractivity contribution in [3.63, 3.8) is 0 Å². The summed E-state index contributed by atoms with van der Waals surface area (Å²) < 4.78 is 0. The summed E-state index contributed by atoms with van der Waals surface area (Å²) in [5.41, 5.74) is 1.40. The first-order valence-electron chi connectivity index (χ1n) is 6.82. The average Bonchev–Trinajstić information content (AvgIpc) is 2.43. The molecule has 0 atom stereocenters. The Morgan fingerprint density at radius 2 is 2.30 bits per heavy atom. The van der Waals surface area contributed by atoms with Gasteiger partial charge in [0.15, 0.2) is 0 Å². The number of aromatic amines is 1. The van der Waals surface area contributed by atoms with E-state index in [-0.39, 0.29) is 17.9 Å². The lowest BCUT2D eigenvalue weighted by molar-refractivity contribution is -0.120. The molecular formula is C15H19N3O2. The van der Waals surface area contributed by atoms with Crippen LogP contribution in [0.4, 0.5) is 0 Å². The summed E-state index contributed by atoms with van der Waals surface area (Å²) in [6.07, 6.45) is 11.0. The third kappa shape index (κ3) is 4.19. The molecule has 1 heterocycles. The number of carbonyl (C=O) groups is 1. The highest BCUT2D eigenvalue weighted by atomic mass is 16.2. The molecule has 20 heavy (non-hydrogen) atoms. The number of amides is 1. The van der Waals surface area contributed by atoms with Crippen LogP contribution in [0.1, 0.15) is 30.7 Å². The molecule has 0 aromatic carbocycles. The number of hydrogen-bond donors (Lipinski definition) is 2. The molecule has 2 N–H and O–H groups in total. The van der Waals surface area contributed by atoms with Gasteiger partial charge in [-0.2, -0.15) is 0 Å². The topological polar surface area (TPSA) is 74.8 Å². The van der Waals surface area contributed by atoms with E-state index >= 15 is 0 Å². The van der Waals surface area contributed by atoms with E-state index in [0.29, 0.717) is 17.9 Å². The number of allylic oxidation sites excluding steroid dienone is 3. The van der Waals surface area contributed by atoms with Gasteiger partial charge in [-0.15, -0.1) is 0 Å². The smallest absolute Gasteiger partial charge is 0.254 e. The van der Waals surface area contributed by atoms with Gasteiger partial charge in [0.2, 0.25) is 5.91 Å². The molecular weight excluding hydrogens is 254 g/mol. The molecule has 5 heteroatoms. The van der Waals surface area contributed by atoms with Crippen molar-refractivity contribution >= 4 is 5.91 Å². The fourth-order valence-corrected chi connectivity index (χ4v) is 2.07. The molecule has 0 fully saturated rings. The predicted octanol–water partition coefficient (Wildman–Crippen LogP) is 1.40. The minimum Gasteiger partial charge on any atom is -0.355 e. The minimum atomic E-state index is -0.245. The Kier molecular flexibility index (Phi) is 4.87. The van der Waals surface area contributed by atoms with Gasteiger partial charge >= 0.3 is 0 Å². The summed E-state index contributed by atoms with van der Waals surface area (Å²) in [7, 11) is 0. The summed E-state index contributed by atoms with van der Waals surface area (Å²) in [5.74, 6) is 0.400. The second kappa shape index (κ2) is 6.84. The number of aryl methyl sites for hydroxylation is 1. The van der Waals surface area contributed by atoms with Crippen LogP contribution in [0, 0.1) is 6.92 Å². The second-order valence-corrected chi connectivity index (χ2v) is 4.86. The maximum Gasteiger partial charge on any atom is 0.254 e. The quantitative estimate of drug-likeness (QED) is 0.851. The number of rotatable bonds is 5. The lowest BCUT2D eigenvalue weighted by atomic mass is 10.0. The molecule has 1 aromatic heterocycles. The Bertz CT molecular complexity index is 599. The molecule has 0 saturated heterocycles. The van der Waals surface area contributed by atoms with Crippen LogP contribution in [0.15, 0.2) is 34.8 Å². The Balaban J connectivity index is 1.79. The number of nitrogens with one attached hydrogen (secondary N) is 2. The van der Waals surface area contributed by atoms with Crippen LogP contribution in [-0.4, -0.2) is 22.4 Å². The molecule has 0 saturated carbocycles. The van der Waals surface area contributed by atoms with Crippen molar-refractivity contribution < 1.29 is 4.79 Å². The molecule has 2 rings (SSSR count). The lowest BCUT2D eigenvalue weighted by Gasteiger charge is -2.08. The highest BCUT2D eigenvalue weighted by Crippen LogP contribution is 2.11. The van der Waals surface area contributed by atoms with E-state index in [2.05, 4.69) is 33.5 Å². The first-order chi connectivity index (χ1) is 9.65. The van der Waals surface area contributed by atoms with E-state index in [1.807, 2.05) is 0 Å². The lowest BCUT2D eigenvalue weighted by Crippen LogP contribution is -2.29. The standard InChI is InChI=1S/C15H19N3O2/c1-11-17-10-13(15(20)18-11)9-14(19)16-8-7-12-5-3-2-4-6-12/h3,5-6,10H,2,4,7-9H2,1H3,(H,16,19)(H,17,18,20). The summed E-state index contributed by atoms with van der Waals surface area (Å²) in [5, 5.41) is 2.83. The van der Waals surface area contributed by atoms with Gasteiger partial charge in [0.1, 0.15) is 5.82 Å². The van der Waals surface area contributed by atoms with Gasteiger partial charge in [-0.25, -0.2) is 4.98 Å². The van der Waals surface area contributed by atoms with E-state index < -0.39 is 0 Å². The Morgan fingerprint density at radius 1 is 1.45 bits per heavy atom. The number of nitrogens with zero attached hydrogens (tertiary/aromatic N) is 1. The van der Waals surface area contributed by atoms with Gasteiger partial charge in [-0.05, 0) is 26.2 Å². The molecule has 1 aliphatic rings. The predicted molar refractivity (Wildman–Crippen MR) is 77.4 cm³/mol. The number of hydrogen-bond acceptors (Lipinski definition) is 3. The fraction of sp³-hybridized carbons (Fsp3) is 0.400. The molecule has 1 aromatic rings. The zero-order valence-electron chi connectivity index (χ0n) is 11.6. The van der Waals surface area contributed by atoms with Crippen LogP contribution in [0.3, 0.4) is 0 Å². The van der Waals surface area contributed by atoms with Crippen molar-refractivity contribution in [3.05, 3.63) is 51.7 Å². The molecule has 0 bridgehead atoms. The van der Waals surface area contributed by atoms with Crippen LogP contribution >= 0.6 is 0 Å². The summed E-state index contributed by atoms with van der Waals surface area (Å²) in [6, 6.07) is 0. The highest BCUT2D eigenvalue weighted by Gasteiger charge is 2.07. The van der Waals surface area contributed by atoms with Gasteiger partial charge < -0.3 is 10.3 Å². The largest absolute Gasteiger partial charge is 0.355 e.